The molecule has 1 unspecified atom stereocenters. The number of hydrogen-bond donors (Lipinski definition) is 1. The number of carbonyl (C=O) groups excluding carboxylic acids is 1. The maximum Gasteiger partial charge on any atom is 0.313 e. The van der Waals surface area contributed by atoms with Crippen LogP contribution in [0, 0.1) is 17.3 Å². The molecule has 0 bridgehead atoms. The molecule has 1 fully saturated rings. The predicted molar refractivity (Wildman–Crippen MR) is 83.4 cm³/mol. The zero-order valence-electron chi connectivity index (χ0n) is 13.6. The second-order valence-electron chi connectivity index (χ2n) is 6.68. The van der Waals surface area contributed by atoms with Crippen LogP contribution in [0.5, 0.6) is 0 Å². The predicted octanol–water partition coefficient (Wildman–Crippen LogP) is 3.90. The molecule has 0 amide bonds. The Morgan fingerprint density at radius 2 is 2.00 bits per heavy atom. The fourth-order valence-corrected chi connectivity index (χ4v) is 3.05. The van der Waals surface area contributed by atoms with E-state index in [9.17, 15) is 4.79 Å². The van der Waals surface area contributed by atoms with Gasteiger partial charge in [-0.2, -0.15) is 0 Å². The Kier molecular flexibility index (Phi) is 7.57. The van der Waals surface area contributed by atoms with Gasteiger partial charge in [0.1, 0.15) is 0 Å². The monoisotopic (exact) mass is 283 g/mol. The first kappa shape index (κ1) is 17.5. The molecule has 1 rings (SSSR count). The highest BCUT2D eigenvalue weighted by Gasteiger charge is 2.41. The second kappa shape index (κ2) is 8.66. The third-order valence-corrected chi connectivity index (χ3v) is 5.05. The summed E-state index contributed by atoms with van der Waals surface area (Å²) in [5, 5.41) is 0. The van der Waals surface area contributed by atoms with Gasteiger partial charge in [-0.25, -0.2) is 0 Å². The molecule has 0 aromatic carbocycles. The van der Waals surface area contributed by atoms with Gasteiger partial charge in [0.15, 0.2) is 0 Å². The molecule has 0 aliphatic heterocycles. The number of rotatable bonds is 8. The topological polar surface area (TPSA) is 52.3 Å². The van der Waals surface area contributed by atoms with Crippen molar-refractivity contribution >= 4 is 5.97 Å². The molecule has 1 aliphatic rings. The van der Waals surface area contributed by atoms with Crippen LogP contribution in [0.25, 0.3) is 0 Å². The van der Waals surface area contributed by atoms with Crippen molar-refractivity contribution < 1.29 is 9.53 Å². The van der Waals surface area contributed by atoms with Crippen LogP contribution in [-0.2, 0) is 9.53 Å². The van der Waals surface area contributed by atoms with Crippen molar-refractivity contribution in [2.45, 2.75) is 72.1 Å². The Balaban J connectivity index is 2.46. The Bertz CT molecular complexity index is 283. The number of ether oxygens (including phenoxy) is 1. The minimum absolute atomic E-state index is 0.0400. The van der Waals surface area contributed by atoms with Crippen molar-refractivity contribution in [3.8, 4) is 0 Å². The van der Waals surface area contributed by atoms with Crippen LogP contribution in [0.1, 0.15) is 72.1 Å². The van der Waals surface area contributed by atoms with Gasteiger partial charge in [0.05, 0.1) is 12.0 Å². The molecule has 1 atom stereocenters. The summed E-state index contributed by atoms with van der Waals surface area (Å²) in [6.45, 7) is 7.64. The van der Waals surface area contributed by atoms with Crippen molar-refractivity contribution in [1.29, 1.82) is 0 Å². The van der Waals surface area contributed by atoms with E-state index in [0.29, 0.717) is 19.1 Å². The van der Waals surface area contributed by atoms with Crippen LogP contribution >= 0.6 is 0 Å². The van der Waals surface area contributed by atoms with E-state index in [-0.39, 0.29) is 5.97 Å². The van der Waals surface area contributed by atoms with Gasteiger partial charge in [-0.1, -0.05) is 40.0 Å². The summed E-state index contributed by atoms with van der Waals surface area (Å²) >= 11 is 0. The molecule has 3 nitrogen and oxygen atoms in total. The summed E-state index contributed by atoms with van der Waals surface area (Å²) in [7, 11) is 0. The van der Waals surface area contributed by atoms with E-state index in [0.717, 1.165) is 44.4 Å². The molecule has 0 aromatic heterocycles. The minimum atomic E-state index is -0.393. The Morgan fingerprint density at radius 3 is 2.50 bits per heavy atom. The molecule has 118 valence electrons. The first-order valence-corrected chi connectivity index (χ1v) is 8.45. The van der Waals surface area contributed by atoms with Gasteiger partial charge in [-0.05, 0) is 43.9 Å². The summed E-state index contributed by atoms with van der Waals surface area (Å²) in [6, 6.07) is 0. The summed E-state index contributed by atoms with van der Waals surface area (Å²) < 4.78 is 5.64. The summed E-state index contributed by atoms with van der Waals surface area (Å²) in [6.07, 6.45) is 8.65. The second-order valence-corrected chi connectivity index (χ2v) is 6.68. The van der Waals surface area contributed by atoms with Crippen LogP contribution in [0.2, 0.25) is 0 Å². The van der Waals surface area contributed by atoms with E-state index in [4.69, 9.17) is 10.5 Å². The average molecular weight is 283 g/mol. The smallest absolute Gasteiger partial charge is 0.313 e. The van der Waals surface area contributed by atoms with E-state index in [1.54, 1.807) is 0 Å². The molecule has 1 saturated carbocycles. The van der Waals surface area contributed by atoms with Crippen molar-refractivity contribution in [2.24, 2.45) is 23.0 Å². The van der Waals surface area contributed by atoms with E-state index >= 15 is 0 Å². The van der Waals surface area contributed by atoms with Crippen molar-refractivity contribution in [1.82, 2.24) is 0 Å². The fraction of sp³-hybridized carbons (Fsp3) is 0.941. The highest BCUT2D eigenvalue weighted by molar-refractivity contribution is 5.77. The largest absolute Gasteiger partial charge is 0.465 e. The molecule has 1 aliphatic carbocycles. The third kappa shape index (κ3) is 4.76. The molecule has 0 heterocycles. The Hall–Kier alpha value is -0.570. The molecular weight excluding hydrogens is 250 g/mol. The highest BCUT2D eigenvalue weighted by atomic mass is 16.5. The minimum Gasteiger partial charge on any atom is -0.465 e. The molecule has 0 radical (unpaired) electrons. The first-order valence-electron chi connectivity index (χ1n) is 8.45. The van der Waals surface area contributed by atoms with E-state index in [2.05, 4.69) is 20.8 Å². The summed E-state index contributed by atoms with van der Waals surface area (Å²) in [4.78, 5) is 12.4. The van der Waals surface area contributed by atoms with Gasteiger partial charge < -0.3 is 10.5 Å². The Labute approximate surface area is 124 Å². The van der Waals surface area contributed by atoms with E-state index < -0.39 is 5.41 Å². The lowest BCUT2D eigenvalue weighted by Crippen LogP contribution is -2.43. The zero-order valence-corrected chi connectivity index (χ0v) is 13.6. The van der Waals surface area contributed by atoms with Crippen molar-refractivity contribution in [2.75, 3.05) is 13.2 Å². The SMILES string of the molecule is CCCCC(CC)COC(=O)C1(CN)CCC(C)CC1. The lowest BCUT2D eigenvalue weighted by Gasteiger charge is -2.36. The van der Waals surface area contributed by atoms with Crippen LogP contribution < -0.4 is 5.73 Å². The van der Waals surface area contributed by atoms with E-state index in [1.807, 2.05) is 0 Å². The van der Waals surface area contributed by atoms with Gasteiger partial charge >= 0.3 is 5.97 Å². The first-order chi connectivity index (χ1) is 9.57. The number of unbranched alkanes of at least 4 members (excludes halogenated alkanes) is 1. The molecule has 3 heteroatoms. The zero-order chi connectivity index (χ0) is 15.0. The number of carbonyl (C=O) groups is 1. The molecular formula is C17H33NO2. The fourth-order valence-electron chi connectivity index (χ4n) is 3.05. The lowest BCUT2D eigenvalue weighted by molar-refractivity contribution is -0.159. The maximum absolute atomic E-state index is 12.4. The normalized spacial score (nSPS) is 28.1. The molecule has 2 N–H and O–H groups in total. The van der Waals surface area contributed by atoms with Gasteiger partial charge in [-0.3, -0.25) is 4.79 Å². The van der Waals surface area contributed by atoms with Gasteiger partial charge in [-0.15, -0.1) is 0 Å². The van der Waals surface area contributed by atoms with Crippen molar-refractivity contribution in [3.05, 3.63) is 0 Å². The quantitative estimate of drug-likeness (QED) is 0.687. The maximum atomic E-state index is 12.4. The third-order valence-electron chi connectivity index (χ3n) is 5.05. The molecule has 20 heavy (non-hydrogen) atoms. The molecule has 0 spiro atoms. The van der Waals surface area contributed by atoms with Gasteiger partial charge in [0.2, 0.25) is 0 Å². The summed E-state index contributed by atoms with van der Waals surface area (Å²) in [5.74, 6) is 1.19. The number of esters is 1. The van der Waals surface area contributed by atoms with Gasteiger partial charge in [0, 0.05) is 6.54 Å². The van der Waals surface area contributed by atoms with Crippen LogP contribution in [0.3, 0.4) is 0 Å². The number of hydrogen-bond acceptors (Lipinski definition) is 3. The molecule has 0 saturated heterocycles. The van der Waals surface area contributed by atoms with Crippen LogP contribution in [0.15, 0.2) is 0 Å². The standard InChI is InChI=1S/C17H33NO2/c1-4-6-7-15(5-2)12-20-16(19)17(13-18)10-8-14(3)9-11-17/h14-15H,4-13,18H2,1-3H3. The Morgan fingerprint density at radius 1 is 1.35 bits per heavy atom. The van der Waals surface area contributed by atoms with Crippen molar-refractivity contribution in [3.63, 3.8) is 0 Å². The lowest BCUT2D eigenvalue weighted by atomic mass is 9.71. The van der Waals surface area contributed by atoms with Gasteiger partial charge in [0.25, 0.3) is 0 Å². The van der Waals surface area contributed by atoms with Crippen LogP contribution in [-0.4, -0.2) is 19.1 Å². The van der Waals surface area contributed by atoms with Crippen LogP contribution in [0.4, 0.5) is 0 Å². The summed E-state index contributed by atoms with van der Waals surface area (Å²) in [5.41, 5.74) is 5.51. The number of nitrogens with two attached hydrogens (primary N) is 1. The van der Waals surface area contributed by atoms with E-state index in [1.165, 1.54) is 12.8 Å². The average Bonchev–Trinajstić information content (AvgIpc) is 2.48. The molecule has 0 aromatic rings. The highest BCUT2D eigenvalue weighted by Crippen LogP contribution is 2.39.